The maximum Gasteiger partial charge on any atom is 0.305 e. The minimum absolute atomic E-state index is 0.0385. The van der Waals surface area contributed by atoms with Gasteiger partial charge >= 0.3 is 5.91 Å². The van der Waals surface area contributed by atoms with Gasteiger partial charge in [0.1, 0.15) is 5.75 Å². The van der Waals surface area contributed by atoms with E-state index in [1.807, 2.05) is 0 Å². The molecule has 1 aromatic carbocycles. The molecule has 10 heteroatoms. The van der Waals surface area contributed by atoms with Crippen molar-refractivity contribution in [2.75, 3.05) is 20.2 Å². The van der Waals surface area contributed by atoms with Crippen LogP contribution in [0, 0.1) is 5.92 Å². The first-order valence-corrected chi connectivity index (χ1v) is 10.1. The van der Waals surface area contributed by atoms with Crippen molar-refractivity contribution >= 4 is 21.8 Å². The lowest BCUT2D eigenvalue weighted by Gasteiger charge is -2.31. The molecule has 28 heavy (non-hydrogen) atoms. The molecule has 1 atom stereocenters. The number of carbonyl (C=O) groups is 2. The molecule has 1 aliphatic rings. The normalized spacial score (nSPS) is 17.7. The first-order valence-electron chi connectivity index (χ1n) is 8.69. The highest BCUT2D eigenvalue weighted by Gasteiger charge is 2.33. The Morgan fingerprint density at radius 1 is 1.18 bits per heavy atom. The van der Waals surface area contributed by atoms with E-state index < -0.39 is 27.8 Å². The second-order valence-electron chi connectivity index (χ2n) is 6.30. The Bertz CT molecular complexity index is 925. The highest BCUT2D eigenvalue weighted by molar-refractivity contribution is 7.89. The Morgan fingerprint density at radius 2 is 1.93 bits per heavy atom. The molecular weight excluding hydrogens is 386 g/mol. The molecule has 9 nitrogen and oxygen atoms in total. The summed E-state index contributed by atoms with van der Waals surface area (Å²) < 4.78 is 37.0. The van der Waals surface area contributed by atoms with Gasteiger partial charge in [-0.3, -0.25) is 20.4 Å². The quantitative estimate of drug-likeness (QED) is 0.718. The zero-order valence-electron chi connectivity index (χ0n) is 15.3. The van der Waals surface area contributed by atoms with Gasteiger partial charge in [0.15, 0.2) is 5.76 Å². The molecule has 0 aliphatic carbocycles. The van der Waals surface area contributed by atoms with Crippen LogP contribution in [0.25, 0.3) is 0 Å². The number of carbonyl (C=O) groups excluding carboxylic acids is 2. The molecule has 150 valence electrons. The predicted molar refractivity (Wildman–Crippen MR) is 98.8 cm³/mol. The van der Waals surface area contributed by atoms with Crippen molar-refractivity contribution in [1.29, 1.82) is 0 Å². The Hall–Kier alpha value is -2.85. The lowest BCUT2D eigenvalue weighted by atomic mass is 9.99. The summed E-state index contributed by atoms with van der Waals surface area (Å²) in [5, 5.41) is 0. The number of furan rings is 1. The molecule has 0 saturated carbocycles. The summed E-state index contributed by atoms with van der Waals surface area (Å²) in [5.74, 6) is -0.986. The van der Waals surface area contributed by atoms with Crippen LogP contribution in [0.3, 0.4) is 0 Å². The molecule has 2 aromatic rings. The first-order chi connectivity index (χ1) is 13.4. The molecule has 1 fully saturated rings. The molecule has 2 heterocycles. The van der Waals surface area contributed by atoms with Gasteiger partial charge in [-0.2, -0.15) is 4.31 Å². The van der Waals surface area contributed by atoms with Crippen LogP contribution in [-0.4, -0.2) is 44.7 Å². The predicted octanol–water partition coefficient (Wildman–Crippen LogP) is 1.15. The maximum atomic E-state index is 12.8. The van der Waals surface area contributed by atoms with E-state index in [1.54, 1.807) is 18.2 Å². The van der Waals surface area contributed by atoms with Crippen molar-refractivity contribution in [3.63, 3.8) is 0 Å². The minimum Gasteiger partial charge on any atom is -0.497 e. The van der Waals surface area contributed by atoms with Crippen molar-refractivity contribution < 1.29 is 27.2 Å². The van der Waals surface area contributed by atoms with Crippen LogP contribution >= 0.6 is 0 Å². The number of piperidine rings is 1. The van der Waals surface area contributed by atoms with Crippen LogP contribution in [0.5, 0.6) is 5.75 Å². The van der Waals surface area contributed by atoms with E-state index in [0.717, 1.165) is 0 Å². The number of hydrogen-bond donors (Lipinski definition) is 2. The van der Waals surface area contributed by atoms with Crippen LogP contribution in [0.4, 0.5) is 0 Å². The summed E-state index contributed by atoms with van der Waals surface area (Å²) in [6, 6.07) is 9.12. The highest BCUT2D eigenvalue weighted by Crippen LogP contribution is 2.25. The molecule has 0 radical (unpaired) electrons. The Kier molecular flexibility index (Phi) is 6.00. The third-order valence-corrected chi connectivity index (χ3v) is 6.38. The van der Waals surface area contributed by atoms with Gasteiger partial charge in [0.25, 0.3) is 0 Å². The molecule has 1 saturated heterocycles. The van der Waals surface area contributed by atoms with Crippen LogP contribution in [0.1, 0.15) is 23.4 Å². The van der Waals surface area contributed by atoms with E-state index in [4.69, 9.17) is 9.15 Å². The second kappa shape index (κ2) is 8.44. The second-order valence-corrected chi connectivity index (χ2v) is 8.24. The van der Waals surface area contributed by atoms with Crippen molar-refractivity contribution in [2.24, 2.45) is 5.92 Å². The van der Waals surface area contributed by atoms with Gasteiger partial charge in [0.2, 0.25) is 15.9 Å². The average Bonchev–Trinajstić information content (AvgIpc) is 3.27. The van der Waals surface area contributed by atoms with E-state index in [0.29, 0.717) is 25.1 Å². The average molecular weight is 407 g/mol. The molecule has 3 rings (SSSR count). The number of amides is 2. The van der Waals surface area contributed by atoms with Crippen molar-refractivity contribution in [3.8, 4) is 5.75 Å². The van der Waals surface area contributed by atoms with Gasteiger partial charge in [-0.05, 0) is 49.2 Å². The van der Waals surface area contributed by atoms with Crippen LogP contribution in [0.15, 0.2) is 52.0 Å². The summed E-state index contributed by atoms with van der Waals surface area (Å²) >= 11 is 0. The fraction of sp³-hybridized carbons (Fsp3) is 0.333. The molecule has 0 bridgehead atoms. The number of nitrogens with one attached hydrogen (secondary N) is 2. The molecular formula is C18H21N3O6S. The summed E-state index contributed by atoms with van der Waals surface area (Å²) in [4.78, 5) is 24.3. The maximum absolute atomic E-state index is 12.8. The third kappa shape index (κ3) is 4.34. The van der Waals surface area contributed by atoms with Crippen LogP contribution < -0.4 is 15.6 Å². The third-order valence-electron chi connectivity index (χ3n) is 4.50. The number of rotatable bonds is 5. The molecule has 1 aliphatic heterocycles. The van der Waals surface area contributed by atoms with E-state index in [-0.39, 0.29) is 17.2 Å². The number of benzene rings is 1. The molecule has 2 amide bonds. The highest BCUT2D eigenvalue weighted by atomic mass is 32.2. The lowest BCUT2D eigenvalue weighted by Crippen LogP contribution is -2.49. The van der Waals surface area contributed by atoms with Gasteiger partial charge in [-0.25, -0.2) is 8.42 Å². The van der Waals surface area contributed by atoms with E-state index in [1.165, 1.54) is 35.9 Å². The fourth-order valence-corrected chi connectivity index (χ4v) is 4.49. The molecule has 2 N–H and O–H groups in total. The zero-order valence-corrected chi connectivity index (χ0v) is 16.1. The van der Waals surface area contributed by atoms with Crippen molar-refractivity contribution in [3.05, 3.63) is 48.4 Å². The lowest BCUT2D eigenvalue weighted by molar-refractivity contribution is -0.126. The van der Waals surface area contributed by atoms with Crippen molar-refractivity contribution in [1.82, 2.24) is 15.2 Å². The number of methoxy groups -OCH3 is 1. The van der Waals surface area contributed by atoms with Gasteiger partial charge in [-0.1, -0.05) is 0 Å². The van der Waals surface area contributed by atoms with Crippen LogP contribution in [-0.2, 0) is 14.8 Å². The SMILES string of the molecule is COc1ccc(S(=O)(=O)N2CCC[C@H](C(=O)NNC(=O)c3ccco3)C2)cc1. The Balaban J connectivity index is 1.62. The molecule has 0 spiro atoms. The van der Waals surface area contributed by atoms with Crippen LogP contribution in [0.2, 0.25) is 0 Å². The topological polar surface area (TPSA) is 118 Å². The smallest absolute Gasteiger partial charge is 0.305 e. The van der Waals surface area contributed by atoms with Gasteiger partial charge in [0.05, 0.1) is 24.2 Å². The van der Waals surface area contributed by atoms with Gasteiger partial charge in [-0.15, -0.1) is 0 Å². The van der Waals surface area contributed by atoms with Gasteiger partial charge < -0.3 is 9.15 Å². The summed E-state index contributed by atoms with van der Waals surface area (Å²) in [5.41, 5.74) is 4.60. The standard InChI is InChI=1S/C18H21N3O6S/c1-26-14-6-8-15(9-7-14)28(24,25)21-10-2-4-13(12-21)17(22)19-20-18(23)16-5-3-11-27-16/h3,5-9,11,13H,2,4,10,12H2,1H3,(H,19,22)(H,20,23)/t13-/m0/s1. The number of sulfonamides is 1. The number of ether oxygens (including phenoxy) is 1. The van der Waals surface area contributed by atoms with E-state index >= 15 is 0 Å². The monoisotopic (exact) mass is 407 g/mol. The Labute approximate surface area is 162 Å². The molecule has 0 unspecified atom stereocenters. The summed E-state index contributed by atoms with van der Waals surface area (Å²) in [6.07, 6.45) is 2.41. The number of nitrogens with zero attached hydrogens (tertiary/aromatic N) is 1. The van der Waals surface area contributed by atoms with E-state index in [2.05, 4.69) is 10.9 Å². The fourth-order valence-electron chi connectivity index (χ4n) is 2.96. The van der Waals surface area contributed by atoms with Gasteiger partial charge in [0, 0.05) is 13.1 Å². The summed E-state index contributed by atoms with van der Waals surface area (Å²) in [7, 11) is -2.22. The first kappa shape index (κ1) is 19.9. The zero-order chi connectivity index (χ0) is 20.1. The number of hydrogen-bond acceptors (Lipinski definition) is 6. The molecule has 1 aromatic heterocycles. The van der Waals surface area contributed by atoms with E-state index in [9.17, 15) is 18.0 Å². The summed E-state index contributed by atoms with van der Waals surface area (Å²) in [6.45, 7) is 0.369. The number of hydrazine groups is 1. The Morgan fingerprint density at radius 3 is 2.57 bits per heavy atom. The van der Waals surface area contributed by atoms with Crippen molar-refractivity contribution in [2.45, 2.75) is 17.7 Å². The largest absolute Gasteiger partial charge is 0.497 e. The minimum atomic E-state index is -3.72.